The molecule has 86 valence electrons. The number of pyridine rings is 1. The van der Waals surface area contributed by atoms with Gasteiger partial charge in [0.15, 0.2) is 0 Å². The molecule has 0 aliphatic carbocycles. The Morgan fingerprint density at radius 3 is 3.19 bits per heavy atom. The van der Waals surface area contributed by atoms with Gasteiger partial charge < -0.3 is 10.6 Å². The van der Waals surface area contributed by atoms with Crippen LogP contribution in [0.3, 0.4) is 0 Å². The maximum absolute atomic E-state index is 12.1. The van der Waals surface area contributed by atoms with Gasteiger partial charge in [0.25, 0.3) is 5.91 Å². The predicted octanol–water partition coefficient (Wildman–Crippen LogP) is 0.892. The minimum absolute atomic E-state index is 0.0904. The third kappa shape index (κ3) is 2.39. The van der Waals surface area contributed by atoms with Crippen LogP contribution in [0.15, 0.2) is 24.5 Å². The van der Waals surface area contributed by atoms with E-state index in [1.54, 1.807) is 18.5 Å². The first kappa shape index (κ1) is 11.1. The Morgan fingerprint density at radius 1 is 1.62 bits per heavy atom. The average molecular weight is 219 g/mol. The number of rotatable bonds is 3. The fourth-order valence-electron chi connectivity index (χ4n) is 2.16. The van der Waals surface area contributed by atoms with Gasteiger partial charge in [0.1, 0.15) is 0 Å². The summed E-state index contributed by atoms with van der Waals surface area (Å²) in [7, 11) is 0. The zero-order chi connectivity index (χ0) is 11.4. The van der Waals surface area contributed by atoms with Gasteiger partial charge in [-0.25, -0.2) is 0 Å². The van der Waals surface area contributed by atoms with E-state index in [1.807, 2.05) is 11.0 Å². The molecule has 16 heavy (non-hydrogen) atoms. The van der Waals surface area contributed by atoms with Crippen molar-refractivity contribution in [2.75, 3.05) is 19.6 Å². The van der Waals surface area contributed by atoms with Crippen LogP contribution >= 0.6 is 0 Å². The summed E-state index contributed by atoms with van der Waals surface area (Å²) >= 11 is 0. The molecule has 1 aliphatic rings. The molecule has 0 saturated carbocycles. The summed E-state index contributed by atoms with van der Waals surface area (Å²) in [4.78, 5) is 17.9. The summed E-state index contributed by atoms with van der Waals surface area (Å²) in [5, 5.41) is 0. The topological polar surface area (TPSA) is 59.2 Å². The highest BCUT2D eigenvalue weighted by Crippen LogP contribution is 2.20. The van der Waals surface area contributed by atoms with Gasteiger partial charge in [-0.2, -0.15) is 0 Å². The maximum atomic E-state index is 12.1. The van der Waals surface area contributed by atoms with Gasteiger partial charge in [0, 0.05) is 25.5 Å². The van der Waals surface area contributed by atoms with Gasteiger partial charge in [-0.3, -0.25) is 9.78 Å². The summed E-state index contributed by atoms with van der Waals surface area (Å²) in [6, 6.07) is 3.60. The summed E-state index contributed by atoms with van der Waals surface area (Å²) in [6.45, 7) is 2.39. The number of aromatic nitrogens is 1. The Labute approximate surface area is 95.5 Å². The molecule has 2 heterocycles. The van der Waals surface area contributed by atoms with Crippen LogP contribution in [0, 0.1) is 5.92 Å². The van der Waals surface area contributed by atoms with Crippen molar-refractivity contribution in [2.45, 2.75) is 12.8 Å². The highest BCUT2D eigenvalue weighted by molar-refractivity contribution is 5.94. The Morgan fingerprint density at radius 2 is 2.50 bits per heavy atom. The summed E-state index contributed by atoms with van der Waals surface area (Å²) in [5.41, 5.74) is 6.20. The Kier molecular flexibility index (Phi) is 3.51. The highest BCUT2D eigenvalue weighted by Gasteiger charge is 2.26. The first-order chi connectivity index (χ1) is 7.81. The summed E-state index contributed by atoms with van der Waals surface area (Å²) in [5.74, 6) is 0.665. The lowest BCUT2D eigenvalue weighted by Crippen LogP contribution is -2.29. The van der Waals surface area contributed by atoms with Crippen LogP contribution in [-0.4, -0.2) is 35.4 Å². The molecular weight excluding hydrogens is 202 g/mol. The van der Waals surface area contributed by atoms with Crippen molar-refractivity contribution in [1.29, 1.82) is 0 Å². The van der Waals surface area contributed by atoms with E-state index < -0.39 is 0 Å². The molecule has 0 spiro atoms. The number of hydrogen-bond donors (Lipinski definition) is 1. The monoisotopic (exact) mass is 219 g/mol. The molecule has 1 fully saturated rings. The molecule has 4 nitrogen and oxygen atoms in total. The predicted molar refractivity (Wildman–Crippen MR) is 61.9 cm³/mol. The van der Waals surface area contributed by atoms with Crippen LogP contribution in [-0.2, 0) is 0 Å². The van der Waals surface area contributed by atoms with Crippen LogP contribution in [0.1, 0.15) is 23.2 Å². The number of carbonyl (C=O) groups excluding carboxylic acids is 1. The number of nitrogens with two attached hydrogens (primary N) is 1. The fourth-order valence-corrected chi connectivity index (χ4v) is 2.16. The van der Waals surface area contributed by atoms with Crippen molar-refractivity contribution < 1.29 is 4.79 Å². The average Bonchev–Trinajstić information content (AvgIpc) is 2.78. The van der Waals surface area contributed by atoms with Crippen molar-refractivity contribution >= 4 is 5.91 Å². The third-order valence-corrected chi connectivity index (χ3v) is 3.06. The fraction of sp³-hybridized carbons (Fsp3) is 0.500. The minimum atomic E-state index is 0.0904. The van der Waals surface area contributed by atoms with Crippen LogP contribution < -0.4 is 5.73 Å². The van der Waals surface area contributed by atoms with E-state index in [9.17, 15) is 4.79 Å². The smallest absolute Gasteiger partial charge is 0.255 e. The van der Waals surface area contributed by atoms with Crippen LogP contribution in [0.2, 0.25) is 0 Å². The molecule has 0 radical (unpaired) electrons. The van der Waals surface area contributed by atoms with Crippen LogP contribution in [0.5, 0.6) is 0 Å². The molecular formula is C12H17N3O. The molecule has 1 unspecified atom stereocenters. The van der Waals surface area contributed by atoms with Crippen molar-refractivity contribution in [2.24, 2.45) is 11.7 Å². The lowest BCUT2D eigenvalue weighted by Gasteiger charge is -2.16. The highest BCUT2D eigenvalue weighted by atomic mass is 16.2. The first-order valence-electron chi connectivity index (χ1n) is 5.70. The third-order valence-electron chi connectivity index (χ3n) is 3.06. The molecule has 1 atom stereocenters. The number of amides is 1. The van der Waals surface area contributed by atoms with Gasteiger partial charge in [0.2, 0.25) is 0 Å². The molecule has 0 bridgehead atoms. The lowest BCUT2D eigenvalue weighted by molar-refractivity contribution is 0.0786. The lowest BCUT2D eigenvalue weighted by atomic mass is 10.1. The summed E-state index contributed by atoms with van der Waals surface area (Å²) in [6.07, 6.45) is 5.39. The molecule has 1 aromatic heterocycles. The Balaban J connectivity index is 1.97. The number of likely N-dealkylation sites (tertiary alicyclic amines) is 1. The molecule has 4 heteroatoms. The van der Waals surface area contributed by atoms with Crippen molar-refractivity contribution in [3.05, 3.63) is 30.1 Å². The molecule has 2 N–H and O–H groups in total. The molecule has 2 rings (SSSR count). The van der Waals surface area contributed by atoms with Gasteiger partial charge >= 0.3 is 0 Å². The van der Waals surface area contributed by atoms with E-state index in [0.29, 0.717) is 18.0 Å². The second-order valence-electron chi connectivity index (χ2n) is 4.22. The van der Waals surface area contributed by atoms with E-state index in [2.05, 4.69) is 4.98 Å². The first-order valence-corrected chi connectivity index (χ1v) is 5.70. The molecule has 1 aromatic rings. The Bertz CT molecular complexity index is 353. The molecule has 1 saturated heterocycles. The van der Waals surface area contributed by atoms with Gasteiger partial charge in [0.05, 0.1) is 5.56 Å². The Hall–Kier alpha value is -1.42. The van der Waals surface area contributed by atoms with E-state index in [0.717, 1.165) is 25.9 Å². The minimum Gasteiger partial charge on any atom is -0.338 e. The second-order valence-corrected chi connectivity index (χ2v) is 4.22. The number of hydrogen-bond acceptors (Lipinski definition) is 3. The molecule has 0 aromatic carbocycles. The van der Waals surface area contributed by atoms with Crippen molar-refractivity contribution in [1.82, 2.24) is 9.88 Å². The quantitative estimate of drug-likeness (QED) is 0.821. The summed E-state index contributed by atoms with van der Waals surface area (Å²) < 4.78 is 0. The van der Waals surface area contributed by atoms with E-state index >= 15 is 0 Å². The van der Waals surface area contributed by atoms with Gasteiger partial charge in [-0.05, 0) is 37.4 Å². The van der Waals surface area contributed by atoms with Crippen molar-refractivity contribution in [3.8, 4) is 0 Å². The number of carbonyl (C=O) groups is 1. The molecule has 1 aliphatic heterocycles. The maximum Gasteiger partial charge on any atom is 0.255 e. The van der Waals surface area contributed by atoms with Crippen molar-refractivity contribution in [3.63, 3.8) is 0 Å². The normalized spacial score (nSPS) is 20.1. The largest absolute Gasteiger partial charge is 0.338 e. The number of nitrogens with zero attached hydrogens (tertiary/aromatic N) is 2. The van der Waals surface area contributed by atoms with E-state index in [4.69, 9.17) is 5.73 Å². The zero-order valence-electron chi connectivity index (χ0n) is 9.30. The van der Waals surface area contributed by atoms with Crippen LogP contribution in [0.25, 0.3) is 0 Å². The standard InChI is InChI=1S/C12H17N3O/c13-5-3-10-4-7-15(9-10)12(16)11-2-1-6-14-8-11/h1-2,6,8,10H,3-5,7,9,13H2. The van der Waals surface area contributed by atoms with Gasteiger partial charge in [-0.1, -0.05) is 0 Å². The zero-order valence-corrected chi connectivity index (χ0v) is 9.30. The van der Waals surface area contributed by atoms with Crippen LogP contribution in [0.4, 0.5) is 0 Å². The SMILES string of the molecule is NCCC1CCN(C(=O)c2cccnc2)C1. The van der Waals surface area contributed by atoms with E-state index in [-0.39, 0.29) is 5.91 Å². The van der Waals surface area contributed by atoms with Gasteiger partial charge in [-0.15, -0.1) is 0 Å². The van der Waals surface area contributed by atoms with E-state index in [1.165, 1.54) is 0 Å². The molecule has 1 amide bonds. The second kappa shape index (κ2) is 5.07.